The summed E-state index contributed by atoms with van der Waals surface area (Å²) in [6, 6.07) is 4.55. The third-order valence-corrected chi connectivity index (χ3v) is 7.00. The molecule has 0 bridgehead atoms. The summed E-state index contributed by atoms with van der Waals surface area (Å²) in [4.78, 5) is 45.2. The fourth-order valence-corrected chi connectivity index (χ4v) is 4.52. The van der Waals surface area contributed by atoms with Crippen LogP contribution < -0.4 is 32.5 Å². The van der Waals surface area contributed by atoms with Crippen LogP contribution in [0.2, 0.25) is 12.6 Å². The van der Waals surface area contributed by atoms with Crippen molar-refractivity contribution in [3.05, 3.63) is 50.7 Å². The van der Waals surface area contributed by atoms with Crippen LogP contribution in [-0.2, 0) is 4.74 Å². The highest BCUT2D eigenvalue weighted by atomic mass is 16.5. The Morgan fingerprint density at radius 3 is 2.49 bits per heavy atom. The first kappa shape index (κ1) is 31.0. The fraction of sp³-hybridized carbons (Fsp3) is 0.320. The average Bonchev–Trinajstić information content (AvgIpc) is 3.33. The number of carbonyl (C=O) groups excluding carboxylic acids is 1. The number of methoxy groups -OCH3 is 1. The lowest BCUT2D eigenvalue weighted by Crippen LogP contribution is -2.45. The summed E-state index contributed by atoms with van der Waals surface area (Å²) in [5, 5.41) is 51.0. The molecule has 0 spiro atoms. The topological polar surface area (TPSA) is 228 Å². The average molecular weight is 591 g/mol. The molecular weight excluding hydrogens is 562 g/mol. The minimum Gasteiger partial charge on any atom is -0.503 e. The van der Waals surface area contributed by atoms with Gasteiger partial charge >= 0.3 is 5.56 Å². The normalized spacial score (nSPS) is 17.4. The van der Waals surface area contributed by atoms with E-state index in [9.17, 15) is 34.8 Å². The maximum atomic E-state index is 12.6. The van der Waals surface area contributed by atoms with Gasteiger partial charge in [0.25, 0.3) is 11.5 Å². The number of aliphatic hydroxyl groups excluding tert-OH is 1. The van der Waals surface area contributed by atoms with E-state index in [-0.39, 0.29) is 40.9 Å². The molecule has 1 saturated carbocycles. The van der Waals surface area contributed by atoms with Crippen LogP contribution in [0.3, 0.4) is 0 Å². The Balaban J connectivity index is 0.000000403. The number of aromatic amines is 1. The fourth-order valence-electron chi connectivity index (χ4n) is 4.52. The van der Waals surface area contributed by atoms with Gasteiger partial charge in [0.05, 0.1) is 17.9 Å². The number of aromatic nitrogens is 5. The highest BCUT2D eigenvalue weighted by Crippen LogP contribution is 2.36. The third kappa shape index (κ3) is 5.49. The Kier molecular flexibility index (Phi) is 9.01. The summed E-state index contributed by atoms with van der Waals surface area (Å²) in [6.45, 7) is 1.97. The zero-order valence-electron chi connectivity index (χ0n) is 23.6. The van der Waals surface area contributed by atoms with Crippen molar-refractivity contribution in [1.82, 2.24) is 29.5 Å². The zero-order valence-corrected chi connectivity index (χ0v) is 23.6. The molecule has 4 heterocycles. The molecule has 1 amide bonds. The predicted octanol–water partition coefficient (Wildman–Crippen LogP) is -1.07. The van der Waals surface area contributed by atoms with Gasteiger partial charge in [0.2, 0.25) is 11.6 Å². The Labute approximate surface area is 246 Å². The van der Waals surface area contributed by atoms with E-state index >= 15 is 0 Å². The maximum Gasteiger partial charge on any atom is 0.300 e. The lowest BCUT2D eigenvalue weighted by molar-refractivity contribution is -0.0756. The molecule has 3 radical (unpaired) electrons. The zero-order chi connectivity index (χ0) is 31.6. The largest absolute Gasteiger partial charge is 0.503 e. The van der Waals surface area contributed by atoms with Crippen LogP contribution in [0.1, 0.15) is 16.8 Å². The van der Waals surface area contributed by atoms with E-state index in [1.165, 1.54) is 26.4 Å². The monoisotopic (exact) mass is 591 g/mol. The van der Waals surface area contributed by atoms with Crippen molar-refractivity contribution in [3.63, 3.8) is 0 Å². The first-order valence-corrected chi connectivity index (χ1v) is 12.9. The Morgan fingerprint density at radius 2 is 1.93 bits per heavy atom. The molecule has 3 atom stereocenters. The number of rotatable bonds is 7. The molecule has 0 aromatic carbocycles. The molecule has 223 valence electrons. The van der Waals surface area contributed by atoms with Crippen molar-refractivity contribution >= 4 is 49.5 Å². The van der Waals surface area contributed by atoms with Crippen LogP contribution in [0, 0.1) is 0 Å². The van der Waals surface area contributed by atoms with Crippen molar-refractivity contribution in [1.29, 1.82) is 0 Å². The lowest BCUT2D eigenvalue weighted by Gasteiger charge is -2.39. The number of hydrogen-bond acceptors (Lipinski definition) is 12. The predicted molar refractivity (Wildman–Crippen MR) is 159 cm³/mol. The van der Waals surface area contributed by atoms with E-state index in [0.717, 1.165) is 10.9 Å². The van der Waals surface area contributed by atoms with Gasteiger partial charge in [-0.05, 0) is 29.8 Å². The van der Waals surface area contributed by atoms with Gasteiger partial charge in [-0.15, -0.1) is 0 Å². The second-order valence-electron chi connectivity index (χ2n) is 9.37. The molecule has 16 nitrogen and oxygen atoms in total. The van der Waals surface area contributed by atoms with Crippen LogP contribution >= 0.6 is 0 Å². The summed E-state index contributed by atoms with van der Waals surface area (Å²) >= 11 is 0. The van der Waals surface area contributed by atoms with Crippen molar-refractivity contribution < 1.29 is 30.0 Å². The van der Waals surface area contributed by atoms with Crippen LogP contribution in [0.15, 0.2) is 34.0 Å². The van der Waals surface area contributed by atoms with Gasteiger partial charge in [-0.2, -0.15) is 0 Å². The van der Waals surface area contributed by atoms with Gasteiger partial charge in [-0.25, -0.2) is 19.1 Å². The Hall–Kier alpha value is -4.96. The molecule has 8 N–H and O–H groups in total. The number of amides is 1. The summed E-state index contributed by atoms with van der Waals surface area (Å²) < 4.78 is 6.71. The van der Waals surface area contributed by atoms with Crippen LogP contribution in [0.5, 0.6) is 17.4 Å². The number of carbonyl (C=O) groups is 1. The molecular formula is C25H29B2N8O8. The summed E-state index contributed by atoms with van der Waals surface area (Å²) in [6.07, 6.45) is 2.19. The quantitative estimate of drug-likeness (QED) is 0.120. The molecule has 4 aromatic rings. The number of ether oxygens (including phenoxy) is 1. The molecule has 43 heavy (non-hydrogen) atoms. The second-order valence-corrected chi connectivity index (χ2v) is 9.37. The van der Waals surface area contributed by atoms with E-state index < -0.39 is 45.6 Å². The van der Waals surface area contributed by atoms with Crippen molar-refractivity contribution in [2.75, 3.05) is 31.8 Å². The number of nitrogens with one attached hydrogen (secondary N) is 4. The Bertz CT molecular complexity index is 1770. The summed E-state index contributed by atoms with van der Waals surface area (Å²) in [5.41, 5.74) is -3.27. The van der Waals surface area contributed by atoms with Crippen molar-refractivity contribution in [2.24, 2.45) is 0 Å². The third-order valence-electron chi connectivity index (χ3n) is 7.00. The standard InChI is InChI=1S/C19H17BN8O6.C6H12BO2/c1-21-15-12(30)13(25-14-8(16(31)22-2)17(32)26-28(14)15)24-10-9(20)11(29)19(34)27(18(10)33)7-5-3-4-6-23-7;1-7-4-3-5(9-2)6(4)8/h3-6,21,29-30,33H,1-2H3,(H,22,31)(H,24,25)(H,26,32);4-6,8H,3H2,1-2H3. The number of fused-ring (bicyclic) bond motifs is 1. The van der Waals surface area contributed by atoms with Gasteiger partial charge in [0.1, 0.15) is 20.9 Å². The number of anilines is 3. The van der Waals surface area contributed by atoms with Crippen molar-refractivity contribution in [3.8, 4) is 23.2 Å². The van der Waals surface area contributed by atoms with Gasteiger partial charge in [-0.3, -0.25) is 19.5 Å². The number of pyridine rings is 2. The molecule has 18 heteroatoms. The van der Waals surface area contributed by atoms with Crippen LogP contribution in [0.25, 0.3) is 11.5 Å². The van der Waals surface area contributed by atoms with E-state index in [1.54, 1.807) is 19.2 Å². The lowest BCUT2D eigenvalue weighted by atomic mass is 9.54. The minimum absolute atomic E-state index is 0.0222. The smallest absolute Gasteiger partial charge is 0.300 e. The molecule has 0 aliphatic heterocycles. The van der Waals surface area contributed by atoms with E-state index in [4.69, 9.17) is 12.6 Å². The molecule has 4 aromatic heterocycles. The minimum atomic E-state index is -1.04. The van der Waals surface area contributed by atoms with Gasteiger partial charge in [0, 0.05) is 27.4 Å². The summed E-state index contributed by atoms with van der Waals surface area (Å²) in [5.74, 6) is -3.01. The number of aromatic hydroxyl groups is 3. The van der Waals surface area contributed by atoms with Crippen LogP contribution in [0.4, 0.5) is 17.3 Å². The highest BCUT2D eigenvalue weighted by molar-refractivity contribution is 6.38. The van der Waals surface area contributed by atoms with E-state index in [1.807, 2.05) is 14.1 Å². The molecule has 1 fully saturated rings. The SMILES string of the molecule is C[B]C1CC(OC)C1O.[B]c1c(Nc2nc3c(C(=O)NC)c(=O)[nH]n3c(NC)c2O)c(O)n(-c2ccccn2)c(=O)c1O. The summed E-state index contributed by atoms with van der Waals surface area (Å²) in [7, 11) is 12.3. The van der Waals surface area contributed by atoms with Crippen molar-refractivity contribution in [2.45, 2.75) is 31.3 Å². The number of H-pyrrole nitrogens is 1. The number of aliphatic hydroxyl groups is 1. The maximum absolute atomic E-state index is 12.6. The molecule has 0 saturated heterocycles. The molecule has 3 unspecified atom stereocenters. The van der Waals surface area contributed by atoms with Crippen LogP contribution in [-0.4, -0.2) is 99.0 Å². The van der Waals surface area contributed by atoms with Gasteiger partial charge in [0.15, 0.2) is 28.6 Å². The Morgan fingerprint density at radius 1 is 1.21 bits per heavy atom. The number of nitrogens with zero attached hydrogens (tertiary/aromatic N) is 4. The highest BCUT2D eigenvalue weighted by Gasteiger charge is 2.38. The van der Waals surface area contributed by atoms with Gasteiger partial charge < -0.3 is 41.1 Å². The number of hydrogen-bond donors (Lipinski definition) is 8. The molecule has 1 aliphatic carbocycles. The molecule has 1 aliphatic rings. The first-order chi connectivity index (χ1) is 20.5. The van der Waals surface area contributed by atoms with Gasteiger partial charge in [-0.1, -0.05) is 12.9 Å². The van der Waals surface area contributed by atoms with E-state index in [0.29, 0.717) is 10.4 Å². The second kappa shape index (κ2) is 12.5. The first-order valence-electron chi connectivity index (χ1n) is 12.9. The van der Waals surface area contributed by atoms with E-state index in [2.05, 4.69) is 31.0 Å². The molecule has 5 rings (SSSR count).